The molecule has 0 fully saturated rings. The van der Waals surface area contributed by atoms with Crippen molar-refractivity contribution in [3.05, 3.63) is 56.9 Å². The number of carboxylic acid groups (broad SMARTS) is 1. The minimum Gasteiger partial charge on any atom is -0.478 e. The van der Waals surface area contributed by atoms with Crippen molar-refractivity contribution in [3.63, 3.8) is 0 Å². The molecule has 0 aliphatic heterocycles. The van der Waals surface area contributed by atoms with E-state index in [0.717, 1.165) is 5.56 Å². The zero-order valence-electron chi connectivity index (χ0n) is 10.1. The second-order valence-electron chi connectivity index (χ2n) is 4.10. The molecule has 0 saturated carbocycles. The van der Waals surface area contributed by atoms with E-state index in [0.29, 0.717) is 14.9 Å². The Hall–Kier alpha value is -1.63. The summed E-state index contributed by atoms with van der Waals surface area (Å²) in [5.41, 5.74) is 2.23. The monoisotopic (exact) mass is 371 g/mol. The third kappa shape index (κ3) is 3.23. The Balaban J connectivity index is 2.40. The molecule has 0 amide bonds. The Morgan fingerprint density at radius 2 is 1.89 bits per heavy atom. The summed E-state index contributed by atoms with van der Waals surface area (Å²) in [5.74, 6) is -1.32. The number of hydrogen-bond donors (Lipinski definition) is 2. The van der Waals surface area contributed by atoms with Gasteiger partial charge in [0.1, 0.15) is 5.82 Å². The topological polar surface area (TPSA) is 49.3 Å². The van der Waals surface area contributed by atoms with Gasteiger partial charge in [0.05, 0.1) is 16.9 Å². The molecular weight excluding hydrogens is 360 g/mol. The largest absolute Gasteiger partial charge is 0.478 e. The minimum absolute atomic E-state index is 0.195. The second-order valence-corrected chi connectivity index (χ2v) is 5.27. The van der Waals surface area contributed by atoms with Gasteiger partial charge in [-0.05, 0) is 59.8 Å². The highest BCUT2D eigenvalue weighted by Crippen LogP contribution is 2.26. The Kier molecular flexibility index (Phi) is 4.04. The van der Waals surface area contributed by atoms with Crippen molar-refractivity contribution in [1.82, 2.24) is 0 Å². The van der Waals surface area contributed by atoms with Crippen LogP contribution in [0.2, 0.25) is 0 Å². The first-order valence-corrected chi connectivity index (χ1v) is 6.61. The zero-order valence-corrected chi connectivity index (χ0v) is 12.2. The molecule has 0 aromatic heterocycles. The summed E-state index contributed by atoms with van der Waals surface area (Å²) in [4.78, 5) is 11.2. The highest BCUT2D eigenvalue weighted by Gasteiger charge is 2.11. The van der Waals surface area contributed by atoms with Gasteiger partial charge >= 0.3 is 5.97 Å². The van der Waals surface area contributed by atoms with Crippen molar-refractivity contribution >= 4 is 39.9 Å². The highest BCUT2D eigenvalue weighted by atomic mass is 127. The van der Waals surface area contributed by atoms with Crippen molar-refractivity contribution in [3.8, 4) is 0 Å². The van der Waals surface area contributed by atoms with Gasteiger partial charge in [0.25, 0.3) is 0 Å². The maximum atomic E-state index is 13.0. The van der Waals surface area contributed by atoms with Crippen LogP contribution < -0.4 is 5.32 Å². The molecule has 0 saturated heterocycles. The summed E-state index contributed by atoms with van der Waals surface area (Å²) in [6.45, 7) is 1.83. The molecule has 0 bridgehead atoms. The molecule has 0 atom stereocenters. The second kappa shape index (κ2) is 5.56. The molecule has 0 heterocycles. The van der Waals surface area contributed by atoms with E-state index in [1.807, 2.05) is 35.6 Å². The van der Waals surface area contributed by atoms with Gasteiger partial charge in [-0.25, -0.2) is 9.18 Å². The summed E-state index contributed by atoms with van der Waals surface area (Å²) in [6.07, 6.45) is 0. The van der Waals surface area contributed by atoms with E-state index in [-0.39, 0.29) is 11.4 Å². The molecule has 0 spiro atoms. The van der Waals surface area contributed by atoms with Gasteiger partial charge in [-0.15, -0.1) is 0 Å². The van der Waals surface area contributed by atoms with Crippen LogP contribution in [0.25, 0.3) is 0 Å². The lowest BCUT2D eigenvalue weighted by molar-refractivity contribution is 0.0698. The fourth-order valence-corrected chi connectivity index (χ4v) is 2.29. The van der Waals surface area contributed by atoms with Crippen molar-refractivity contribution < 1.29 is 14.3 Å². The Morgan fingerprint density at radius 1 is 1.21 bits per heavy atom. The van der Waals surface area contributed by atoms with Crippen LogP contribution in [0.4, 0.5) is 15.8 Å². The van der Waals surface area contributed by atoms with Crippen molar-refractivity contribution in [2.24, 2.45) is 0 Å². The van der Waals surface area contributed by atoms with E-state index in [1.165, 1.54) is 12.1 Å². The van der Waals surface area contributed by atoms with Crippen LogP contribution >= 0.6 is 22.6 Å². The maximum absolute atomic E-state index is 13.0. The summed E-state index contributed by atoms with van der Waals surface area (Å²) >= 11 is 2.00. The van der Waals surface area contributed by atoms with Gasteiger partial charge in [0.2, 0.25) is 0 Å². The van der Waals surface area contributed by atoms with E-state index < -0.39 is 5.97 Å². The van der Waals surface area contributed by atoms with Crippen LogP contribution in [0.3, 0.4) is 0 Å². The number of rotatable bonds is 3. The number of halogens is 2. The van der Waals surface area contributed by atoms with Crippen LogP contribution in [0.5, 0.6) is 0 Å². The average molecular weight is 371 g/mol. The molecule has 0 aliphatic carbocycles. The fourth-order valence-electron chi connectivity index (χ4n) is 1.68. The first-order chi connectivity index (χ1) is 8.97. The van der Waals surface area contributed by atoms with Crippen molar-refractivity contribution in [1.29, 1.82) is 0 Å². The predicted octanol–water partition coefficient (Wildman–Crippen LogP) is 4.18. The number of nitrogens with one attached hydrogen (secondary N) is 1. The van der Waals surface area contributed by atoms with Crippen molar-refractivity contribution in [2.45, 2.75) is 6.92 Å². The van der Waals surface area contributed by atoms with E-state index in [9.17, 15) is 14.3 Å². The fraction of sp³-hybridized carbons (Fsp3) is 0.0714. The molecule has 2 aromatic rings. The summed E-state index contributed by atoms with van der Waals surface area (Å²) < 4.78 is 13.7. The van der Waals surface area contributed by atoms with E-state index in [1.54, 1.807) is 18.2 Å². The summed E-state index contributed by atoms with van der Waals surface area (Å²) in [5, 5.41) is 12.2. The number of aryl methyl sites for hydroxylation is 1. The summed E-state index contributed by atoms with van der Waals surface area (Å²) in [7, 11) is 0. The van der Waals surface area contributed by atoms with Crippen LogP contribution in [0.1, 0.15) is 15.9 Å². The minimum atomic E-state index is -0.997. The number of aromatic carboxylic acids is 1. The van der Waals surface area contributed by atoms with Gasteiger partial charge in [-0.1, -0.05) is 11.6 Å². The van der Waals surface area contributed by atoms with Gasteiger partial charge in [-0.3, -0.25) is 0 Å². The molecule has 0 unspecified atom stereocenters. The maximum Gasteiger partial charge on any atom is 0.337 e. The predicted molar refractivity (Wildman–Crippen MR) is 80.5 cm³/mol. The van der Waals surface area contributed by atoms with Gasteiger partial charge in [0.15, 0.2) is 0 Å². The number of hydrogen-bond acceptors (Lipinski definition) is 2. The number of carbonyl (C=O) groups is 1. The smallest absolute Gasteiger partial charge is 0.337 e. The number of anilines is 2. The molecular formula is C14H11FINO2. The van der Waals surface area contributed by atoms with Crippen molar-refractivity contribution in [2.75, 3.05) is 5.32 Å². The van der Waals surface area contributed by atoms with E-state index in [4.69, 9.17) is 0 Å². The van der Waals surface area contributed by atoms with Crippen LogP contribution in [-0.2, 0) is 0 Å². The van der Waals surface area contributed by atoms with E-state index >= 15 is 0 Å². The van der Waals surface area contributed by atoms with Gasteiger partial charge in [0, 0.05) is 3.57 Å². The van der Waals surface area contributed by atoms with Gasteiger partial charge < -0.3 is 10.4 Å². The lowest BCUT2D eigenvalue weighted by Gasteiger charge is -2.12. The summed E-state index contributed by atoms with van der Waals surface area (Å²) in [6, 6.07) is 9.43. The van der Waals surface area contributed by atoms with Crippen LogP contribution in [-0.4, -0.2) is 11.1 Å². The zero-order chi connectivity index (χ0) is 14.0. The molecule has 2 rings (SSSR count). The Labute approximate surface area is 123 Å². The molecule has 2 N–H and O–H groups in total. The Morgan fingerprint density at radius 3 is 2.53 bits per heavy atom. The highest BCUT2D eigenvalue weighted by molar-refractivity contribution is 14.1. The quantitative estimate of drug-likeness (QED) is 0.796. The molecule has 0 radical (unpaired) electrons. The number of carboxylic acids is 1. The molecule has 5 heteroatoms. The van der Waals surface area contributed by atoms with E-state index in [2.05, 4.69) is 5.32 Å². The molecule has 98 valence electrons. The van der Waals surface area contributed by atoms with Crippen LogP contribution in [0.15, 0.2) is 36.4 Å². The standard InChI is InChI=1S/C14H11FINO2/c1-8-2-4-12(10(6-8)14(18)19)17-13-5-3-9(15)7-11(13)16/h2-7,17H,1H3,(H,18,19). The third-order valence-corrected chi connectivity index (χ3v) is 3.50. The normalized spacial score (nSPS) is 10.3. The number of benzene rings is 2. The lowest BCUT2D eigenvalue weighted by Crippen LogP contribution is -2.04. The van der Waals surface area contributed by atoms with Gasteiger partial charge in [-0.2, -0.15) is 0 Å². The first-order valence-electron chi connectivity index (χ1n) is 5.53. The third-order valence-electron chi connectivity index (χ3n) is 2.61. The molecule has 0 aliphatic rings. The SMILES string of the molecule is Cc1ccc(Nc2ccc(F)cc2I)c(C(=O)O)c1. The Bertz CT molecular complexity index is 643. The first kappa shape index (κ1) is 13.8. The average Bonchev–Trinajstić information content (AvgIpc) is 2.34. The van der Waals surface area contributed by atoms with Crippen LogP contribution in [0, 0.1) is 16.3 Å². The molecule has 2 aromatic carbocycles. The lowest BCUT2D eigenvalue weighted by atomic mass is 10.1. The molecule has 19 heavy (non-hydrogen) atoms. The molecule has 3 nitrogen and oxygen atoms in total.